The molecule has 1 fully saturated rings. The second-order valence-electron chi connectivity index (χ2n) is 5.27. The lowest BCUT2D eigenvalue weighted by molar-refractivity contribution is -0.125. The quantitative estimate of drug-likeness (QED) is 0.800. The number of amides is 3. The Kier molecular flexibility index (Phi) is 5.14. The van der Waals surface area contributed by atoms with Crippen LogP contribution in [0.3, 0.4) is 0 Å². The summed E-state index contributed by atoms with van der Waals surface area (Å²) in [7, 11) is 1.64. The molecule has 1 saturated carbocycles. The molecule has 0 spiro atoms. The SMILES string of the molecule is CNC(=O)C1CCC(NC(=O)Nc2cccc(F)c2)CC1. The molecule has 0 heterocycles. The molecular weight excluding hydrogens is 273 g/mol. The number of carbonyl (C=O) groups excluding carboxylic acids is 2. The molecule has 2 rings (SSSR count). The Morgan fingerprint density at radius 1 is 1.19 bits per heavy atom. The summed E-state index contributed by atoms with van der Waals surface area (Å²) in [5, 5.41) is 8.12. The first-order valence-corrected chi connectivity index (χ1v) is 7.13. The van der Waals surface area contributed by atoms with Crippen LogP contribution in [-0.4, -0.2) is 25.0 Å². The van der Waals surface area contributed by atoms with Crippen molar-refractivity contribution in [1.82, 2.24) is 10.6 Å². The minimum Gasteiger partial charge on any atom is -0.359 e. The second kappa shape index (κ2) is 7.06. The smallest absolute Gasteiger partial charge is 0.319 e. The van der Waals surface area contributed by atoms with Gasteiger partial charge in [0.1, 0.15) is 5.82 Å². The van der Waals surface area contributed by atoms with Crippen molar-refractivity contribution in [2.24, 2.45) is 5.92 Å². The predicted octanol–water partition coefficient (Wildman–Crippen LogP) is 2.25. The van der Waals surface area contributed by atoms with E-state index in [1.165, 1.54) is 12.1 Å². The summed E-state index contributed by atoms with van der Waals surface area (Å²) in [4.78, 5) is 23.4. The molecule has 1 aliphatic carbocycles. The van der Waals surface area contributed by atoms with Crippen LogP contribution < -0.4 is 16.0 Å². The molecule has 0 bridgehead atoms. The third-order valence-electron chi connectivity index (χ3n) is 3.76. The number of nitrogens with one attached hydrogen (secondary N) is 3. The molecule has 1 aliphatic rings. The maximum atomic E-state index is 13.0. The van der Waals surface area contributed by atoms with Gasteiger partial charge in [-0.25, -0.2) is 9.18 Å². The van der Waals surface area contributed by atoms with Gasteiger partial charge < -0.3 is 16.0 Å². The first-order valence-electron chi connectivity index (χ1n) is 7.13. The van der Waals surface area contributed by atoms with Gasteiger partial charge in [0, 0.05) is 24.7 Å². The Morgan fingerprint density at radius 3 is 2.52 bits per heavy atom. The highest BCUT2D eigenvalue weighted by Gasteiger charge is 2.26. The van der Waals surface area contributed by atoms with Crippen LogP contribution in [0, 0.1) is 11.7 Å². The van der Waals surface area contributed by atoms with E-state index in [0.29, 0.717) is 5.69 Å². The van der Waals surface area contributed by atoms with E-state index in [4.69, 9.17) is 0 Å². The number of halogens is 1. The van der Waals surface area contributed by atoms with E-state index in [-0.39, 0.29) is 29.7 Å². The van der Waals surface area contributed by atoms with Gasteiger partial charge >= 0.3 is 6.03 Å². The first-order chi connectivity index (χ1) is 10.1. The molecule has 114 valence electrons. The van der Waals surface area contributed by atoms with E-state index >= 15 is 0 Å². The van der Waals surface area contributed by atoms with Gasteiger partial charge in [0.2, 0.25) is 5.91 Å². The zero-order valence-electron chi connectivity index (χ0n) is 12.0. The standard InChI is InChI=1S/C15H20FN3O2/c1-17-14(20)10-5-7-12(8-6-10)18-15(21)19-13-4-2-3-11(16)9-13/h2-4,9-10,12H,5-8H2,1H3,(H,17,20)(H2,18,19,21). The van der Waals surface area contributed by atoms with Crippen molar-refractivity contribution in [1.29, 1.82) is 0 Å². The highest BCUT2D eigenvalue weighted by Crippen LogP contribution is 2.24. The van der Waals surface area contributed by atoms with Crippen LogP contribution >= 0.6 is 0 Å². The fraction of sp³-hybridized carbons (Fsp3) is 0.467. The minimum absolute atomic E-state index is 0.0410. The van der Waals surface area contributed by atoms with Gasteiger partial charge in [0.15, 0.2) is 0 Å². The normalized spacial score (nSPS) is 21.4. The lowest BCUT2D eigenvalue weighted by Gasteiger charge is -2.28. The zero-order chi connectivity index (χ0) is 15.2. The molecule has 1 aromatic carbocycles. The van der Waals surface area contributed by atoms with Crippen molar-refractivity contribution >= 4 is 17.6 Å². The summed E-state index contributed by atoms with van der Waals surface area (Å²) < 4.78 is 13.0. The topological polar surface area (TPSA) is 70.2 Å². The van der Waals surface area contributed by atoms with Gasteiger partial charge in [-0.1, -0.05) is 6.07 Å². The van der Waals surface area contributed by atoms with Crippen molar-refractivity contribution in [3.05, 3.63) is 30.1 Å². The molecule has 0 aliphatic heterocycles. The van der Waals surface area contributed by atoms with E-state index in [1.54, 1.807) is 19.2 Å². The number of hydrogen-bond donors (Lipinski definition) is 3. The van der Waals surface area contributed by atoms with Crippen LogP contribution in [0.15, 0.2) is 24.3 Å². The summed E-state index contributed by atoms with van der Waals surface area (Å²) in [6.45, 7) is 0. The molecular formula is C15H20FN3O2. The largest absolute Gasteiger partial charge is 0.359 e. The average Bonchev–Trinajstić information content (AvgIpc) is 2.47. The average molecular weight is 293 g/mol. The zero-order valence-corrected chi connectivity index (χ0v) is 12.0. The van der Waals surface area contributed by atoms with Crippen LogP contribution in [0.2, 0.25) is 0 Å². The Hall–Kier alpha value is -2.11. The Labute approximate surface area is 123 Å². The number of hydrogen-bond acceptors (Lipinski definition) is 2. The number of anilines is 1. The van der Waals surface area contributed by atoms with Gasteiger partial charge in [-0.3, -0.25) is 4.79 Å². The van der Waals surface area contributed by atoms with Crippen LogP contribution in [0.25, 0.3) is 0 Å². The lowest BCUT2D eigenvalue weighted by Crippen LogP contribution is -2.42. The van der Waals surface area contributed by atoms with Gasteiger partial charge in [0.25, 0.3) is 0 Å². The summed E-state index contributed by atoms with van der Waals surface area (Å²) in [5.41, 5.74) is 0.423. The van der Waals surface area contributed by atoms with E-state index in [1.807, 2.05) is 0 Å². The molecule has 0 atom stereocenters. The number of urea groups is 1. The van der Waals surface area contributed by atoms with Crippen LogP contribution in [0.4, 0.5) is 14.9 Å². The van der Waals surface area contributed by atoms with E-state index in [9.17, 15) is 14.0 Å². The Bertz CT molecular complexity index is 513. The van der Waals surface area contributed by atoms with Crippen molar-refractivity contribution in [3.8, 4) is 0 Å². The summed E-state index contributed by atoms with van der Waals surface area (Å²) in [5.74, 6) is -0.282. The van der Waals surface area contributed by atoms with Crippen LogP contribution in [0.1, 0.15) is 25.7 Å². The first kappa shape index (κ1) is 15.3. The molecule has 1 aromatic rings. The Balaban J connectivity index is 1.78. The van der Waals surface area contributed by atoms with Crippen molar-refractivity contribution in [2.45, 2.75) is 31.7 Å². The minimum atomic E-state index is -0.390. The van der Waals surface area contributed by atoms with E-state index < -0.39 is 0 Å². The fourth-order valence-electron chi connectivity index (χ4n) is 2.62. The summed E-state index contributed by atoms with van der Waals surface area (Å²) in [6, 6.07) is 5.47. The molecule has 0 saturated heterocycles. The predicted molar refractivity (Wildman–Crippen MR) is 78.4 cm³/mol. The molecule has 0 aromatic heterocycles. The molecule has 6 heteroatoms. The maximum absolute atomic E-state index is 13.0. The number of rotatable bonds is 3. The van der Waals surface area contributed by atoms with E-state index in [0.717, 1.165) is 25.7 Å². The third kappa shape index (κ3) is 4.44. The number of carbonyl (C=O) groups is 2. The molecule has 3 N–H and O–H groups in total. The molecule has 21 heavy (non-hydrogen) atoms. The summed E-state index contributed by atoms with van der Waals surface area (Å²) in [6.07, 6.45) is 3.08. The van der Waals surface area contributed by atoms with Gasteiger partial charge in [-0.15, -0.1) is 0 Å². The highest BCUT2D eigenvalue weighted by molar-refractivity contribution is 5.89. The summed E-state index contributed by atoms with van der Waals surface area (Å²) >= 11 is 0. The third-order valence-corrected chi connectivity index (χ3v) is 3.76. The van der Waals surface area contributed by atoms with Gasteiger partial charge in [-0.2, -0.15) is 0 Å². The van der Waals surface area contributed by atoms with Crippen LogP contribution in [0.5, 0.6) is 0 Å². The maximum Gasteiger partial charge on any atom is 0.319 e. The van der Waals surface area contributed by atoms with E-state index in [2.05, 4.69) is 16.0 Å². The second-order valence-corrected chi connectivity index (χ2v) is 5.27. The monoisotopic (exact) mass is 293 g/mol. The fourth-order valence-corrected chi connectivity index (χ4v) is 2.62. The lowest BCUT2D eigenvalue weighted by atomic mass is 9.85. The van der Waals surface area contributed by atoms with Crippen molar-refractivity contribution < 1.29 is 14.0 Å². The van der Waals surface area contributed by atoms with Crippen LogP contribution in [-0.2, 0) is 4.79 Å². The Morgan fingerprint density at radius 2 is 1.90 bits per heavy atom. The molecule has 5 nitrogen and oxygen atoms in total. The number of benzene rings is 1. The van der Waals surface area contributed by atoms with Crippen molar-refractivity contribution in [2.75, 3.05) is 12.4 Å². The molecule has 3 amide bonds. The molecule has 0 unspecified atom stereocenters. The van der Waals surface area contributed by atoms with Gasteiger partial charge in [-0.05, 0) is 43.9 Å². The molecule has 0 radical (unpaired) electrons. The highest BCUT2D eigenvalue weighted by atomic mass is 19.1. The van der Waals surface area contributed by atoms with Crippen molar-refractivity contribution in [3.63, 3.8) is 0 Å². The van der Waals surface area contributed by atoms with Gasteiger partial charge in [0.05, 0.1) is 0 Å².